The second kappa shape index (κ2) is 14.4. The van der Waals surface area contributed by atoms with E-state index in [9.17, 15) is 14.3 Å². The van der Waals surface area contributed by atoms with Crippen LogP contribution in [-0.4, -0.2) is 22.3 Å². The predicted octanol–water partition coefficient (Wildman–Crippen LogP) is 6.21. The highest BCUT2D eigenvalue weighted by atomic mass is 19.1. The van der Waals surface area contributed by atoms with E-state index < -0.39 is 12.1 Å². The van der Waals surface area contributed by atoms with Crippen LogP contribution in [0.1, 0.15) is 83.1 Å². The van der Waals surface area contributed by atoms with Gasteiger partial charge in [-0.25, -0.2) is 4.39 Å². The summed E-state index contributed by atoms with van der Waals surface area (Å²) < 4.78 is 13.3. The molecule has 2 N–H and O–H groups in total. The van der Waals surface area contributed by atoms with E-state index in [1.807, 2.05) is 0 Å². The third-order valence-corrected chi connectivity index (χ3v) is 4.99. The molecule has 1 aromatic carbocycles. The Morgan fingerprint density at radius 1 is 1.22 bits per heavy atom. The van der Waals surface area contributed by atoms with Gasteiger partial charge in [-0.15, -0.1) is 0 Å². The molecule has 1 aliphatic rings. The predicted molar refractivity (Wildman–Crippen MR) is 109 cm³/mol. The minimum atomic E-state index is -0.675. The molecule has 0 heterocycles. The maximum atomic E-state index is 13.3. The third-order valence-electron chi connectivity index (χ3n) is 4.99. The molecular formula is C23H35FO3. The molecule has 3 nitrogen and oxygen atoms in total. The fourth-order valence-electron chi connectivity index (χ4n) is 3.33. The van der Waals surface area contributed by atoms with Gasteiger partial charge in [-0.1, -0.05) is 82.2 Å². The molecule has 0 aliphatic heterocycles. The molecule has 152 valence electrons. The van der Waals surface area contributed by atoms with Crippen molar-refractivity contribution in [3.8, 4) is 0 Å². The summed E-state index contributed by atoms with van der Waals surface area (Å²) in [4.78, 5) is 9.96. The van der Waals surface area contributed by atoms with Gasteiger partial charge in [0.2, 0.25) is 0 Å². The largest absolute Gasteiger partial charge is 0.481 e. The number of halogens is 1. The van der Waals surface area contributed by atoms with Crippen molar-refractivity contribution in [2.24, 2.45) is 5.92 Å². The van der Waals surface area contributed by atoms with E-state index in [2.05, 4.69) is 6.92 Å². The van der Waals surface area contributed by atoms with Crippen molar-refractivity contribution in [3.05, 3.63) is 41.7 Å². The molecule has 1 saturated carbocycles. The number of benzene rings is 1. The van der Waals surface area contributed by atoms with E-state index in [4.69, 9.17) is 5.11 Å². The lowest BCUT2D eigenvalue weighted by Gasteiger charge is -2.10. The van der Waals surface area contributed by atoms with Crippen molar-refractivity contribution < 1.29 is 19.4 Å². The highest BCUT2D eigenvalue weighted by molar-refractivity contribution is 5.66. The van der Waals surface area contributed by atoms with Crippen molar-refractivity contribution in [2.75, 3.05) is 0 Å². The van der Waals surface area contributed by atoms with Gasteiger partial charge in [-0.2, -0.15) is 0 Å². The Balaban J connectivity index is 0.000000345. The first-order chi connectivity index (χ1) is 13.0. The smallest absolute Gasteiger partial charge is 0.303 e. The van der Waals surface area contributed by atoms with Crippen molar-refractivity contribution >= 4 is 12.0 Å². The van der Waals surface area contributed by atoms with Crippen LogP contribution in [0.15, 0.2) is 30.3 Å². The number of aliphatic carboxylic acids is 1. The van der Waals surface area contributed by atoms with Crippen LogP contribution in [0.3, 0.4) is 0 Å². The zero-order chi connectivity index (χ0) is 19.9. The molecule has 0 aromatic heterocycles. The number of unbranched alkanes of at least 4 members (excludes halogenated alkanes) is 3. The molecule has 1 aliphatic carbocycles. The van der Waals surface area contributed by atoms with E-state index in [0.29, 0.717) is 12.0 Å². The van der Waals surface area contributed by atoms with Crippen molar-refractivity contribution in [3.63, 3.8) is 0 Å². The average Bonchev–Trinajstić information content (AvgIpc) is 3.17. The van der Waals surface area contributed by atoms with Crippen LogP contribution < -0.4 is 0 Å². The number of hydrogen-bond acceptors (Lipinski definition) is 2. The summed E-state index contributed by atoms with van der Waals surface area (Å²) in [7, 11) is 0. The summed E-state index contributed by atoms with van der Waals surface area (Å²) in [6, 6.07) is 6.62. The summed E-state index contributed by atoms with van der Waals surface area (Å²) in [5, 5.41) is 18.1. The molecule has 1 atom stereocenters. The quantitative estimate of drug-likeness (QED) is 0.476. The monoisotopic (exact) mass is 378 g/mol. The van der Waals surface area contributed by atoms with Gasteiger partial charge < -0.3 is 10.2 Å². The summed E-state index contributed by atoms with van der Waals surface area (Å²) >= 11 is 0. The molecule has 0 radical (unpaired) electrons. The molecular weight excluding hydrogens is 343 g/mol. The highest BCUT2D eigenvalue weighted by Crippen LogP contribution is 2.29. The van der Waals surface area contributed by atoms with E-state index in [-0.39, 0.29) is 5.82 Å². The Labute approximate surface area is 163 Å². The zero-order valence-electron chi connectivity index (χ0n) is 16.6. The number of aliphatic hydroxyl groups excluding tert-OH is 1. The topological polar surface area (TPSA) is 57.5 Å². The van der Waals surface area contributed by atoms with Crippen LogP contribution >= 0.6 is 0 Å². The molecule has 0 spiro atoms. The molecule has 1 unspecified atom stereocenters. The van der Waals surface area contributed by atoms with Crippen LogP contribution in [0.25, 0.3) is 6.08 Å². The lowest BCUT2D eigenvalue weighted by atomic mass is 9.99. The van der Waals surface area contributed by atoms with Crippen molar-refractivity contribution in [1.82, 2.24) is 0 Å². The summed E-state index contributed by atoms with van der Waals surface area (Å²) in [6.07, 6.45) is 14.6. The molecule has 1 fully saturated rings. The minimum Gasteiger partial charge on any atom is -0.481 e. The average molecular weight is 379 g/mol. The minimum absolute atomic E-state index is 0.239. The van der Waals surface area contributed by atoms with Crippen molar-refractivity contribution in [1.29, 1.82) is 0 Å². The number of rotatable bonds is 10. The Morgan fingerprint density at radius 3 is 2.56 bits per heavy atom. The van der Waals surface area contributed by atoms with Gasteiger partial charge in [-0.3, -0.25) is 4.79 Å². The Bertz CT molecular complexity index is 550. The summed E-state index contributed by atoms with van der Waals surface area (Å²) in [6.45, 7) is 2.11. The fourth-order valence-corrected chi connectivity index (χ4v) is 3.33. The SMILES string of the molecule is CCCCCCC(=O)O.OC(/C=C/c1ccccc1F)CCC1CCCC1. The third kappa shape index (κ3) is 11.6. The first kappa shape index (κ1) is 23.4. The number of carboxylic acids is 1. The molecule has 0 amide bonds. The summed E-state index contributed by atoms with van der Waals surface area (Å²) in [5.74, 6) is -0.121. The van der Waals surface area contributed by atoms with Gasteiger partial charge in [0.1, 0.15) is 5.82 Å². The molecule has 1 aromatic rings. The number of hydrogen-bond donors (Lipinski definition) is 2. The van der Waals surface area contributed by atoms with Gasteiger partial charge in [0.25, 0.3) is 0 Å². The lowest BCUT2D eigenvalue weighted by molar-refractivity contribution is -0.137. The molecule has 2 rings (SSSR count). The van der Waals surface area contributed by atoms with Crippen LogP contribution in [0.2, 0.25) is 0 Å². The van der Waals surface area contributed by atoms with Gasteiger partial charge in [0.05, 0.1) is 6.10 Å². The number of carbonyl (C=O) groups is 1. The number of carboxylic acid groups (broad SMARTS) is 1. The van der Waals surface area contributed by atoms with Gasteiger partial charge in [0.15, 0.2) is 0 Å². The first-order valence-corrected chi connectivity index (χ1v) is 10.4. The van der Waals surface area contributed by atoms with Crippen LogP contribution in [0.4, 0.5) is 4.39 Å². The fraction of sp³-hybridized carbons (Fsp3) is 0.609. The van der Waals surface area contributed by atoms with Crippen LogP contribution in [0.5, 0.6) is 0 Å². The van der Waals surface area contributed by atoms with Gasteiger partial charge in [0, 0.05) is 12.0 Å². The highest BCUT2D eigenvalue weighted by Gasteiger charge is 2.15. The molecule has 0 saturated heterocycles. The van der Waals surface area contributed by atoms with E-state index >= 15 is 0 Å². The number of aliphatic hydroxyl groups is 1. The maximum absolute atomic E-state index is 13.3. The van der Waals surface area contributed by atoms with Crippen molar-refractivity contribution in [2.45, 2.75) is 83.7 Å². The van der Waals surface area contributed by atoms with Gasteiger partial charge >= 0.3 is 5.97 Å². The zero-order valence-corrected chi connectivity index (χ0v) is 16.6. The summed E-state index contributed by atoms with van der Waals surface area (Å²) in [5.41, 5.74) is 0.539. The molecule has 0 bridgehead atoms. The second-order valence-electron chi connectivity index (χ2n) is 7.38. The van der Waals surface area contributed by atoms with E-state index in [1.165, 1.54) is 38.2 Å². The maximum Gasteiger partial charge on any atom is 0.303 e. The Morgan fingerprint density at radius 2 is 1.93 bits per heavy atom. The normalized spacial score (nSPS) is 15.5. The molecule has 27 heavy (non-hydrogen) atoms. The Kier molecular flexibility index (Phi) is 12.4. The Hall–Kier alpha value is -1.68. The van der Waals surface area contributed by atoms with Gasteiger partial charge in [-0.05, 0) is 31.2 Å². The standard InChI is InChI=1S/C16H21FO.C7H14O2/c17-16-8-4-3-7-14(16)10-12-15(18)11-9-13-5-1-2-6-13;1-2-3-4-5-6-7(8)9/h3-4,7-8,10,12-13,15,18H,1-2,5-6,9,11H2;2-6H2,1H3,(H,8,9)/b12-10+;. The van der Waals surface area contributed by atoms with E-state index in [0.717, 1.165) is 38.0 Å². The van der Waals surface area contributed by atoms with E-state index in [1.54, 1.807) is 30.4 Å². The first-order valence-electron chi connectivity index (χ1n) is 10.4. The second-order valence-corrected chi connectivity index (χ2v) is 7.38. The lowest BCUT2D eigenvalue weighted by Crippen LogP contribution is -2.05. The molecule has 4 heteroatoms. The van der Waals surface area contributed by atoms with Crippen LogP contribution in [-0.2, 0) is 4.79 Å². The van der Waals surface area contributed by atoms with Crippen LogP contribution in [0, 0.1) is 11.7 Å².